The Kier molecular flexibility index (Phi) is 4.21. The van der Waals surface area contributed by atoms with Crippen molar-refractivity contribution in [2.75, 3.05) is 18.0 Å². The van der Waals surface area contributed by atoms with Crippen LogP contribution in [0.5, 0.6) is 5.75 Å². The molecule has 0 saturated carbocycles. The van der Waals surface area contributed by atoms with Crippen molar-refractivity contribution < 1.29 is 13.9 Å². The number of piperidine rings is 1. The Balaban J connectivity index is 1.76. The van der Waals surface area contributed by atoms with Crippen molar-refractivity contribution in [2.24, 2.45) is 12.5 Å². The Morgan fingerprint density at radius 2 is 1.61 bits per heavy atom. The fourth-order valence-corrected chi connectivity index (χ4v) is 3.86. The van der Waals surface area contributed by atoms with Gasteiger partial charge in [-0.15, -0.1) is 0 Å². The lowest BCUT2D eigenvalue weighted by Crippen LogP contribution is -2.37. The van der Waals surface area contributed by atoms with Gasteiger partial charge in [0.15, 0.2) is 17.4 Å². The number of aromatic nitrogens is 2. The Bertz CT molecular complexity index is 1100. The van der Waals surface area contributed by atoms with Gasteiger partial charge in [0, 0.05) is 25.8 Å². The van der Waals surface area contributed by atoms with E-state index in [2.05, 4.69) is 18.7 Å². The minimum Gasteiger partial charge on any atom is -0.503 e. The quantitative estimate of drug-likeness (QED) is 0.725. The third kappa shape index (κ3) is 2.85. The molecule has 1 fully saturated rings. The van der Waals surface area contributed by atoms with Gasteiger partial charge in [0.2, 0.25) is 0 Å². The zero-order valence-electron chi connectivity index (χ0n) is 16.2. The molecule has 1 aliphatic rings. The fraction of sp³-hybridized carbons (Fsp3) is 0.381. The van der Waals surface area contributed by atoms with Crippen molar-refractivity contribution in [3.63, 3.8) is 0 Å². The number of phenolic OH excluding ortho intramolecular Hbond substituents is 1. The average Bonchev–Trinajstić information content (AvgIpc) is 2.91. The summed E-state index contributed by atoms with van der Waals surface area (Å²) in [6.45, 7) is 6.49. The van der Waals surface area contributed by atoms with Gasteiger partial charge in [0.1, 0.15) is 5.52 Å². The van der Waals surface area contributed by atoms with Crippen LogP contribution in [0.25, 0.3) is 16.6 Å². The van der Waals surface area contributed by atoms with Gasteiger partial charge in [-0.05, 0) is 48.6 Å². The summed E-state index contributed by atoms with van der Waals surface area (Å²) in [7, 11) is 1.48. The monoisotopic (exact) mass is 387 g/mol. The molecule has 1 aromatic heterocycles. The van der Waals surface area contributed by atoms with E-state index in [-0.39, 0.29) is 10.9 Å². The summed E-state index contributed by atoms with van der Waals surface area (Å²) in [5.41, 5.74) is 1.30. The second-order valence-corrected chi connectivity index (χ2v) is 8.23. The number of fused-ring (bicyclic) bond motifs is 1. The molecule has 5 nitrogen and oxygen atoms in total. The molecule has 1 saturated heterocycles. The third-order valence-electron chi connectivity index (χ3n) is 5.78. The van der Waals surface area contributed by atoms with Crippen LogP contribution >= 0.6 is 0 Å². The molecule has 0 amide bonds. The van der Waals surface area contributed by atoms with Crippen molar-refractivity contribution in [1.29, 1.82) is 0 Å². The molecule has 0 unspecified atom stereocenters. The van der Waals surface area contributed by atoms with Crippen LogP contribution in [0.3, 0.4) is 0 Å². The molecule has 28 heavy (non-hydrogen) atoms. The van der Waals surface area contributed by atoms with E-state index >= 15 is 0 Å². The zero-order chi connectivity index (χ0) is 20.2. The van der Waals surface area contributed by atoms with Gasteiger partial charge in [0.25, 0.3) is 5.56 Å². The predicted molar refractivity (Wildman–Crippen MR) is 105 cm³/mol. The zero-order valence-corrected chi connectivity index (χ0v) is 16.2. The molecule has 0 atom stereocenters. The summed E-state index contributed by atoms with van der Waals surface area (Å²) in [6, 6.07) is 8.34. The molecule has 1 N–H and O–H groups in total. The standard InChI is InChI=1S/C21H23F2N3O2/c1-21(2)8-10-25(11-9-21)13-4-6-14(7-5-13)26-18-15(20(28)24(26)3)12-16(22)19(27)17(18)23/h4-7,12,27H,8-11H2,1-3H3. The van der Waals surface area contributed by atoms with Gasteiger partial charge in [-0.25, -0.2) is 18.1 Å². The van der Waals surface area contributed by atoms with E-state index in [1.807, 2.05) is 12.1 Å². The number of aromatic hydroxyl groups is 1. The second kappa shape index (κ2) is 6.36. The first-order chi connectivity index (χ1) is 13.2. The largest absolute Gasteiger partial charge is 0.503 e. The summed E-state index contributed by atoms with van der Waals surface area (Å²) < 4.78 is 30.8. The van der Waals surface area contributed by atoms with E-state index in [4.69, 9.17) is 0 Å². The van der Waals surface area contributed by atoms with Crippen LogP contribution in [0, 0.1) is 17.0 Å². The van der Waals surface area contributed by atoms with Crippen LogP contribution in [0.1, 0.15) is 26.7 Å². The number of benzene rings is 2. The topological polar surface area (TPSA) is 50.4 Å². The molecule has 0 aliphatic carbocycles. The van der Waals surface area contributed by atoms with Crippen molar-refractivity contribution in [2.45, 2.75) is 26.7 Å². The summed E-state index contributed by atoms with van der Waals surface area (Å²) in [4.78, 5) is 14.7. The highest BCUT2D eigenvalue weighted by Gasteiger charge is 2.26. The van der Waals surface area contributed by atoms with Crippen LogP contribution in [0.4, 0.5) is 14.5 Å². The SMILES string of the molecule is Cn1c(=O)c2cc(F)c(O)c(F)c2n1-c1ccc(N2CCC(C)(C)CC2)cc1. The van der Waals surface area contributed by atoms with E-state index in [0.717, 1.165) is 37.7 Å². The molecule has 3 aromatic rings. The molecule has 1 aliphatic heterocycles. The molecule has 4 rings (SSSR count). The van der Waals surface area contributed by atoms with Crippen LogP contribution in [0.2, 0.25) is 0 Å². The maximum absolute atomic E-state index is 14.6. The molecule has 0 radical (unpaired) electrons. The normalized spacial score (nSPS) is 16.7. The van der Waals surface area contributed by atoms with E-state index in [1.54, 1.807) is 12.1 Å². The van der Waals surface area contributed by atoms with Crippen LogP contribution in [0.15, 0.2) is 35.1 Å². The fourth-order valence-electron chi connectivity index (χ4n) is 3.86. The van der Waals surface area contributed by atoms with Gasteiger partial charge in [0.05, 0.1) is 11.1 Å². The molecule has 2 heterocycles. The van der Waals surface area contributed by atoms with E-state index in [9.17, 15) is 18.7 Å². The van der Waals surface area contributed by atoms with E-state index in [0.29, 0.717) is 11.1 Å². The van der Waals surface area contributed by atoms with Gasteiger partial charge in [-0.2, -0.15) is 0 Å². The number of nitrogens with zero attached hydrogens (tertiary/aromatic N) is 3. The summed E-state index contributed by atoms with van der Waals surface area (Å²) >= 11 is 0. The van der Waals surface area contributed by atoms with E-state index in [1.165, 1.54) is 16.4 Å². The molecule has 0 bridgehead atoms. The van der Waals surface area contributed by atoms with Crippen molar-refractivity contribution in [3.05, 3.63) is 52.3 Å². The lowest BCUT2D eigenvalue weighted by molar-refractivity contribution is 0.280. The molecular weight excluding hydrogens is 364 g/mol. The third-order valence-corrected chi connectivity index (χ3v) is 5.78. The maximum Gasteiger partial charge on any atom is 0.274 e. The van der Waals surface area contributed by atoms with Gasteiger partial charge in [-0.1, -0.05) is 13.8 Å². The van der Waals surface area contributed by atoms with Gasteiger partial charge >= 0.3 is 0 Å². The molecule has 7 heteroatoms. The molecule has 148 valence electrons. The summed E-state index contributed by atoms with van der Waals surface area (Å²) in [5.74, 6) is -3.38. The Labute approximate surface area is 161 Å². The summed E-state index contributed by atoms with van der Waals surface area (Å²) in [5, 5.41) is 9.54. The van der Waals surface area contributed by atoms with E-state index < -0.39 is 22.9 Å². The van der Waals surface area contributed by atoms with Crippen molar-refractivity contribution in [1.82, 2.24) is 9.36 Å². The number of phenols is 1. The molecular formula is C21H23F2N3O2. The number of rotatable bonds is 2. The highest BCUT2D eigenvalue weighted by Crippen LogP contribution is 2.33. The van der Waals surface area contributed by atoms with Crippen LogP contribution < -0.4 is 10.5 Å². The van der Waals surface area contributed by atoms with Crippen LogP contribution in [-0.4, -0.2) is 27.6 Å². The molecule has 2 aromatic carbocycles. The van der Waals surface area contributed by atoms with Crippen molar-refractivity contribution >= 4 is 16.6 Å². The van der Waals surface area contributed by atoms with Crippen LogP contribution in [-0.2, 0) is 7.05 Å². The lowest BCUT2D eigenvalue weighted by Gasteiger charge is -2.38. The number of anilines is 1. The average molecular weight is 387 g/mol. The summed E-state index contributed by atoms with van der Waals surface area (Å²) in [6.07, 6.45) is 2.23. The number of halogens is 2. The first-order valence-corrected chi connectivity index (χ1v) is 9.34. The Morgan fingerprint density at radius 1 is 1.04 bits per heavy atom. The first kappa shape index (κ1) is 18.5. The first-order valence-electron chi connectivity index (χ1n) is 9.34. The molecule has 0 spiro atoms. The number of hydrogen-bond donors (Lipinski definition) is 1. The smallest absolute Gasteiger partial charge is 0.274 e. The van der Waals surface area contributed by atoms with Gasteiger partial charge < -0.3 is 10.0 Å². The number of hydrogen-bond acceptors (Lipinski definition) is 3. The second-order valence-electron chi connectivity index (χ2n) is 8.23. The Morgan fingerprint density at radius 3 is 2.21 bits per heavy atom. The predicted octanol–water partition coefficient (Wildman–Crippen LogP) is 3.94. The highest BCUT2D eigenvalue weighted by molar-refractivity contribution is 5.83. The highest BCUT2D eigenvalue weighted by atomic mass is 19.1. The van der Waals surface area contributed by atoms with Crippen molar-refractivity contribution in [3.8, 4) is 11.4 Å². The van der Waals surface area contributed by atoms with Gasteiger partial charge in [-0.3, -0.25) is 4.79 Å². The maximum atomic E-state index is 14.6. The minimum absolute atomic E-state index is 0.113. The Hall–Kier alpha value is -2.83. The lowest BCUT2D eigenvalue weighted by atomic mass is 9.82. The minimum atomic E-state index is -1.15.